The minimum atomic E-state index is -0.552. The average Bonchev–Trinajstić information content (AvgIpc) is 2.35. The maximum absolute atomic E-state index is 11.4. The van der Waals surface area contributed by atoms with Gasteiger partial charge in [-0.3, -0.25) is 9.59 Å². The van der Waals surface area contributed by atoms with Gasteiger partial charge >= 0.3 is 11.8 Å². The first-order valence-electron chi connectivity index (χ1n) is 5.89. The molecule has 0 aliphatic rings. The van der Waals surface area contributed by atoms with Crippen LogP contribution in [0.3, 0.4) is 0 Å². The predicted octanol–water partition coefficient (Wildman–Crippen LogP) is 0.217. The summed E-state index contributed by atoms with van der Waals surface area (Å²) >= 11 is 0. The summed E-state index contributed by atoms with van der Waals surface area (Å²) in [6, 6.07) is 0. The largest absolute Gasteiger partial charge is 0.351 e. The van der Waals surface area contributed by atoms with E-state index in [1.54, 1.807) is 0 Å². The SMILES string of the molecule is CC.CCNCCN(CC)C(=O)C(=O)NC. The lowest BCUT2D eigenvalue weighted by Crippen LogP contribution is -2.44. The van der Waals surface area contributed by atoms with E-state index in [0.29, 0.717) is 19.6 Å². The Morgan fingerprint density at radius 2 is 1.75 bits per heavy atom. The summed E-state index contributed by atoms with van der Waals surface area (Å²) in [7, 11) is 1.46. The summed E-state index contributed by atoms with van der Waals surface area (Å²) in [5.74, 6) is -1.02. The van der Waals surface area contributed by atoms with E-state index in [-0.39, 0.29) is 0 Å². The van der Waals surface area contributed by atoms with Crippen LogP contribution in [0, 0.1) is 0 Å². The van der Waals surface area contributed by atoms with Crippen molar-refractivity contribution in [3.05, 3.63) is 0 Å². The molecule has 16 heavy (non-hydrogen) atoms. The molecular weight excluding hydrogens is 206 g/mol. The van der Waals surface area contributed by atoms with Crippen LogP contribution >= 0.6 is 0 Å². The Bertz CT molecular complexity index is 196. The Morgan fingerprint density at radius 3 is 2.12 bits per heavy atom. The zero-order valence-corrected chi connectivity index (χ0v) is 11.1. The molecule has 0 aliphatic heterocycles. The molecule has 0 bridgehead atoms. The second kappa shape index (κ2) is 12.0. The van der Waals surface area contributed by atoms with Crippen LogP contribution in [0.1, 0.15) is 27.7 Å². The molecular formula is C11H25N3O2. The lowest BCUT2D eigenvalue weighted by atomic mass is 10.4. The van der Waals surface area contributed by atoms with Crippen molar-refractivity contribution < 1.29 is 9.59 Å². The number of nitrogens with one attached hydrogen (secondary N) is 2. The summed E-state index contributed by atoms with van der Waals surface area (Å²) in [4.78, 5) is 23.9. The number of nitrogens with zero attached hydrogens (tertiary/aromatic N) is 1. The molecule has 0 heterocycles. The number of hydrogen-bond donors (Lipinski definition) is 2. The minimum Gasteiger partial charge on any atom is -0.351 e. The van der Waals surface area contributed by atoms with E-state index in [1.807, 2.05) is 27.7 Å². The molecule has 0 rings (SSSR count). The molecule has 0 spiro atoms. The normalized spacial score (nSPS) is 8.81. The Morgan fingerprint density at radius 1 is 1.19 bits per heavy atom. The fourth-order valence-electron chi connectivity index (χ4n) is 1.04. The van der Waals surface area contributed by atoms with Crippen LogP contribution in [0.5, 0.6) is 0 Å². The molecule has 5 heteroatoms. The summed E-state index contributed by atoms with van der Waals surface area (Å²) in [6.07, 6.45) is 0. The Balaban J connectivity index is 0. The number of rotatable bonds is 5. The topological polar surface area (TPSA) is 61.4 Å². The Hall–Kier alpha value is -1.10. The number of likely N-dealkylation sites (N-methyl/N-ethyl adjacent to an activating group) is 3. The van der Waals surface area contributed by atoms with Gasteiger partial charge in [0.05, 0.1) is 0 Å². The quantitative estimate of drug-likeness (QED) is 0.525. The maximum atomic E-state index is 11.4. The highest BCUT2D eigenvalue weighted by Crippen LogP contribution is 1.88. The molecule has 0 unspecified atom stereocenters. The van der Waals surface area contributed by atoms with Gasteiger partial charge in [-0.05, 0) is 13.5 Å². The lowest BCUT2D eigenvalue weighted by Gasteiger charge is -2.19. The Labute approximate surface area is 98.6 Å². The lowest BCUT2D eigenvalue weighted by molar-refractivity contribution is -0.145. The first-order chi connectivity index (χ1) is 7.67. The van der Waals surface area contributed by atoms with Crippen LogP contribution < -0.4 is 10.6 Å². The van der Waals surface area contributed by atoms with Crippen molar-refractivity contribution in [2.24, 2.45) is 0 Å². The van der Waals surface area contributed by atoms with Gasteiger partial charge in [-0.2, -0.15) is 0 Å². The average molecular weight is 231 g/mol. The van der Waals surface area contributed by atoms with Gasteiger partial charge in [-0.1, -0.05) is 20.8 Å². The molecule has 0 aromatic carbocycles. The van der Waals surface area contributed by atoms with Gasteiger partial charge in [-0.15, -0.1) is 0 Å². The third-order valence-corrected chi connectivity index (χ3v) is 1.90. The highest BCUT2D eigenvalue weighted by Gasteiger charge is 2.17. The fraction of sp³-hybridized carbons (Fsp3) is 0.818. The van der Waals surface area contributed by atoms with E-state index in [1.165, 1.54) is 11.9 Å². The van der Waals surface area contributed by atoms with E-state index in [0.717, 1.165) is 6.54 Å². The van der Waals surface area contributed by atoms with Crippen molar-refractivity contribution in [2.45, 2.75) is 27.7 Å². The third kappa shape index (κ3) is 7.23. The van der Waals surface area contributed by atoms with Crippen molar-refractivity contribution in [2.75, 3.05) is 33.2 Å². The van der Waals surface area contributed by atoms with E-state index < -0.39 is 11.8 Å². The molecule has 0 aromatic heterocycles. The second-order valence-corrected chi connectivity index (χ2v) is 2.82. The first kappa shape index (κ1) is 17.3. The second-order valence-electron chi connectivity index (χ2n) is 2.82. The molecule has 0 fully saturated rings. The van der Waals surface area contributed by atoms with Crippen LogP contribution in [-0.4, -0.2) is 49.9 Å². The van der Waals surface area contributed by atoms with E-state index in [9.17, 15) is 9.59 Å². The van der Waals surface area contributed by atoms with Crippen LogP contribution in [0.4, 0.5) is 0 Å². The summed E-state index contributed by atoms with van der Waals surface area (Å²) in [6.45, 7) is 10.6. The molecule has 0 aromatic rings. The molecule has 0 radical (unpaired) electrons. The number of amides is 2. The smallest absolute Gasteiger partial charge is 0.311 e. The van der Waals surface area contributed by atoms with Gasteiger partial charge in [0.2, 0.25) is 0 Å². The van der Waals surface area contributed by atoms with Crippen molar-refractivity contribution >= 4 is 11.8 Å². The Kier molecular flexibility index (Phi) is 12.9. The van der Waals surface area contributed by atoms with Gasteiger partial charge in [0.15, 0.2) is 0 Å². The number of hydrogen-bond acceptors (Lipinski definition) is 3. The van der Waals surface area contributed by atoms with Crippen LogP contribution in [0.15, 0.2) is 0 Å². The molecule has 0 atom stereocenters. The summed E-state index contributed by atoms with van der Waals surface area (Å²) in [5, 5.41) is 5.42. The van der Waals surface area contributed by atoms with Gasteiger partial charge in [0.25, 0.3) is 0 Å². The maximum Gasteiger partial charge on any atom is 0.311 e. The number of carbonyl (C=O) groups is 2. The third-order valence-electron chi connectivity index (χ3n) is 1.90. The highest BCUT2D eigenvalue weighted by molar-refractivity contribution is 6.34. The van der Waals surface area contributed by atoms with Crippen molar-refractivity contribution in [3.8, 4) is 0 Å². The number of carbonyl (C=O) groups excluding carboxylic acids is 2. The van der Waals surface area contributed by atoms with Crippen LogP contribution in [0.2, 0.25) is 0 Å². The van der Waals surface area contributed by atoms with Crippen LogP contribution in [-0.2, 0) is 9.59 Å². The molecule has 96 valence electrons. The summed E-state index contributed by atoms with van der Waals surface area (Å²) in [5.41, 5.74) is 0. The van der Waals surface area contributed by atoms with Gasteiger partial charge in [0, 0.05) is 26.7 Å². The molecule has 0 saturated carbocycles. The molecule has 2 amide bonds. The van der Waals surface area contributed by atoms with E-state index in [2.05, 4.69) is 10.6 Å². The van der Waals surface area contributed by atoms with Crippen molar-refractivity contribution in [3.63, 3.8) is 0 Å². The molecule has 0 saturated heterocycles. The molecule has 5 nitrogen and oxygen atoms in total. The molecule has 0 aliphatic carbocycles. The summed E-state index contributed by atoms with van der Waals surface area (Å²) < 4.78 is 0. The zero-order chi connectivity index (χ0) is 13.0. The van der Waals surface area contributed by atoms with Crippen molar-refractivity contribution in [1.29, 1.82) is 0 Å². The zero-order valence-electron chi connectivity index (χ0n) is 11.1. The van der Waals surface area contributed by atoms with Crippen molar-refractivity contribution in [1.82, 2.24) is 15.5 Å². The molecule has 2 N–H and O–H groups in total. The van der Waals surface area contributed by atoms with Gasteiger partial charge < -0.3 is 15.5 Å². The highest BCUT2D eigenvalue weighted by atomic mass is 16.2. The fourth-order valence-corrected chi connectivity index (χ4v) is 1.04. The predicted molar refractivity (Wildman–Crippen MR) is 66.2 cm³/mol. The standard InChI is InChI=1S/C9H19N3O2.C2H6/c1-4-11-6-7-12(5-2)9(14)8(13)10-3;1-2/h11H,4-7H2,1-3H3,(H,10,13);1-2H3. The van der Waals surface area contributed by atoms with Gasteiger partial charge in [-0.25, -0.2) is 0 Å². The first-order valence-corrected chi connectivity index (χ1v) is 5.89. The van der Waals surface area contributed by atoms with Gasteiger partial charge in [0.1, 0.15) is 0 Å². The van der Waals surface area contributed by atoms with E-state index in [4.69, 9.17) is 0 Å². The van der Waals surface area contributed by atoms with Crippen LogP contribution in [0.25, 0.3) is 0 Å². The minimum absolute atomic E-state index is 0.465. The van der Waals surface area contributed by atoms with E-state index >= 15 is 0 Å². The monoisotopic (exact) mass is 231 g/mol.